The topological polar surface area (TPSA) is 90.2 Å². The third-order valence-corrected chi connectivity index (χ3v) is 5.16. The molecule has 23 heavy (non-hydrogen) atoms. The van der Waals surface area contributed by atoms with E-state index >= 15 is 0 Å². The lowest BCUT2D eigenvalue weighted by Crippen LogP contribution is -2.07. The summed E-state index contributed by atoms with van der Waals surface area (Å²) in [5, 5.41) is 11.1. The Morgan fingerprint density at radius 1 is 1.04 bits per heavy atom. The van der Waals surface area contributed by atoms with Crippen LogP contribution in [-0.4, -0.2) is 18.3 Å². The van der Waals surface area contributed by atoms with Gasteiger partial charge in [0.25, 0.3) is 0 Å². The summed E-state index contributed by atoms with van der Waals surface area (Å²) in [6.07, 6.45) is 0.765. The predicted octanol–water partition coefficient (Wildman–Crippen LogP) is 3.11. The molecule has 1 heterocycles. The van der Waals surface area contributed by atoms with Gasteiger partial charge in [-0.1, -0.05) is 30.3 Å². The maximum absolute atomic E-state index is 13.9. The fraction of sp³-hybridized carbons (Fsp3) is 0. The zero-order valence-corrected chi connectivity index (χ0v) is 12.3. The lowest BCUT2D eigenvalue weighted by atomic mass is 10.2. The minimum absolute atomic E-state index is 0.111. The van der Waals surface area contributed by atoms with Crippen molar-refractivity contribution in [3.8, 4) is 0 Å². The van der Waals surface area contributed by atoms with Gasteiger partial charge in [-0.3, -0.25) is 10.1 Å². The number of benzene rings is 2. The summed E-state index contributed by atoms with van der Waals surface area (Å²) in [4.78, 5) is 13.4. The molecule has 3 aromatic rings. The number of sulfone groups is 1. The van der Waals surface area contributed by atoms with Crippen LogP contribution in [0.15, 0.2) is 64.5 Å². The fourth-order valence-electron chi connectivity index (χ4n) is 2.28. The van der Waals surface area contributed by atoms with Crippen LogP contribution in [0.2, 0.25) is 0 Å². The van der Waals surface area contributed by atoms with Crippen LogP contribution >= 0.6 is 0 Å². The monoisotopic (exact) mass is 332 g/mol. The van der Waals surface area contributed by atoms with Gasteiger partial charge in [0.05, 0.1) is 9.82 Å². The molecule has 116 valence electrons. The molecule has 0 aliphatic carbocycles. The number of fused-ring (bicyclic) bond motifs is 1. The molecule has 1 aromatic heterocycles. The minimum Gasteiger partial charge on any atom is -0.258 e. The highest BCUT2D eigenvalue weighted by atomic mass is 32.2. The Bertz CT molecular complexity index is 1020. The maximum atomic E-state index is 13.9. The minimum atomic E-state index is -4.21. The summed E-state index contributed by atoms with van der Waals surface area (Å²) in [6.45, 7) is 0. The number of rotatable bonds is 3. The van der Waals surface area contributed by atoms with Gasteiger partial charge in [-0.05, 0) is 18.2 Å². The molecule has 0 unspecified atom stereocenters. The van der Waals surface area contributed by atoms with Crippen LogP contribution in [0, 0.1) is 15.9 Å². The molecule has 0 spiro atoms. The van der Waals surface area contributed by atoms with E-state index in [9.17, 15) is 22.9 Å². The van der Waals surface area contributed by atoms with Crippen LogP contribution in [-0.2, 0) is 9.84 Å². The second-order valence-corrected chi connectivity index (χ2v) is 6.57. The standard InChI is InChI=1S/C15H9FN2O4S/c16-12-8-4-7-11-14(12)17-9-13(18(19)20)15(11)23(21,22)10-5-2-1-3-6-10/h1-9H. The molecule has 0 bridgehead atoms. The molecule has 0 amide bonds. The van der Waals surface area contributed by atoms with Crippen molar-refractivity contribution in [2.75, 3.05) is 0 Å². The van der Waals surface area contributed by atoms with Gasteiger partial charge >= 0.3 is 5.69 Å². The van der Waals surface area contributed by atoms with E-state index in [1.165, 1.54) is 36.4 Å². The van der Waals surface area contributed by atoms with E-state index in [0.717, 1.165) is 12.3 Å². The van der Waals surface area contributed by atoms with E-state index in [1.54, 1.807) is 6.07 Å². The molecule has 0 N–H and O–H groups in total. The SMILES string of the molecule is O=[N+]([O-])c1cnc2c(F)cccc2c1S(=O)(=O)c1ccccc1. The van der Waals surface area contributed by atoms with Crippen molar-refractivity contribution in [2.24, 2.45) is 0 Å². The zero-order valence-electron chi connectivity index (χ0n) is 11.5. The molecule has 0 fully saturated rings. The number of para-hydroxylation sites is 1. The lowest BCUT2D eigenvalue weighted by molar-refractivity contribution is -0.387. The van der Waals surface area contributed by atoms with Crippen LogP contribution in [0.3, 0.4) is 0 Å². The molecular weight excluding hydrogens is 323 g/mol. The van der Waals surface area contributed by atoms with Crippen molar-refractivity contribution in [1.29, 1.82) is 0 Å². The Balaban J connectivity index is 2.46. The van der Waals surface area contributed by atoms with E-state index in [2.05, 4.69) is 4.98 Å². The van der Waals surface area contributed by atoms with E-state index < -0.39 is 31.2 Å². The van der Waals surface area contributed by atoms with Crippen molar-refractivity contribution >= 4 is 26.4 Å². The van der Waals surface area contributed by atoms with Crippen LogP contribution in [0.5, 0.6) is 0 Å². The first-order valence-corrected chi connectivity index (χ1v) is 7.93. The Hall–Kier alpha value is -2.87. The predicted molar refractivity (Wildman–Crippen MR) is 80.2 cm³/mol. The van der Waals surface area contributed by atoms with E-state index in [1.807, 2.05) is 0 Å². The molecule has 0 aliphatic rings. The highest BCUT2D eigenvalue weighted by Crippen LogP contribution is 2.35. The number of nitro groups is 1. The van der Waals surface area contributed by atoms with Gasteiger partial charge in [0.1, 0.15) is 17.5 Å². The third kappa shape index (κ3) is 2.42. The Kier molecular flexibility index (Phi) is 3.53. The molecule has 0 radical (unpaired) electrons. The highest BCUT2D eigenvalue weighted by Gasteiger charge is 2.31. The van der Waals surface area contributed by atoms with Gasteiger partial charge in [-0.2, -0.15) is 0 Å². The Labute approximate surface area is 130 Å². The highest BCUT2D eigenvalue weighted by molar-refractivity contribution is 7.91. The van der Waals surface area contributed by atoms with Gasteiger partial charge in [0.15, 0.2) is 4.90 Å². The second kappa shape index (κ2) is 5.40. The van der Waals surface area contributed by atoms with Crippen LogP contribution in [0.1, 0.15) is 0 Å². The van der Waals surface area contributed by atoms with Gasteiger partial charge in [-0.25, -0.2) is 17.8 Å². The molecule has 3 rings (SSSR count). The Morgan fingerprint density at radius 2 is 1.74 bits per heavy atom. The van der Waals surface area contributed by atoms with Crippen molar-refractivity contribution < 1.29 is 17.7 Å². The van der Waals surface area contributed by atoms with Gasteiger partial charge in [0.2, 0.25) is 9.84 Å². The lowest BCUT2D eigenvalue weighted by Gasteiger charge is -2.09. The average Bonchev–Trinajstić information content (AvgIpc) is 2.54. The number of pyridine rings is 1. The van der Waals surface area contributed by atoms with Crippen molar-refractivity contribution in [1.82, 2.24) is 4.98 Å². The molecule has 0 saturated carbocycles. The second-order valence-electron chi connectivity index (χ2n) is 4.68. The van der Waals surface area contributed by atoms with Crippen molar-refractivity contribution in [2.45, 2.75) is 9.79 Å². The molecule has 2 aromatic carbocycles. The van der Waals surface area contributed by atoms with E-state index in [0.29, 0.717) is 0 Å². The molecular formula is C15H9FN2O4S. The molecule has 0 atom stereocenters. The third-order valence-electron chi connectivity index (χ3n) is 3.30. The molecule has 6 nitrogen and oxygen atoms in total. The molecule has 0 aliphatic heterocycles. The number of hydrogen-bond acceptors (Lipinski definition) is 5. The van der Waals surface area contributed by atoms with Crippen molar-refractivity contribution in [3.05, 3.63) is 70.7 Å². The summed E-state index contributed by atoms with van der Waals surface area (Å²) in [6, 6.07) is 11.0. The molecule has 8 heteroatoms. The van der Waals surface area contributed by atoms with Gasteiger partial charge in [0, 0.05) is 5.39 Å². The van der Waals surface area contributed by atoms with Gasteiger partial charge < -0.3 is 0 Å². The first-order chi connectivity index (χ1) is 10.9. The summed E-state index contributed by atoms with van der Waals surface area (Å²) in [5.74, 6) is -0.748. The summed E-state index contributed by atoms with van der Waals surface area (Å²) in [5.41, 5.74) is -0.917. The Morgan fingerprint density at radius 3 is 2.39 bits per heavy atom. The number of aromatic nitrogens is 1. The van der Waals surface area contributed by atoms with E-state index in [4.69, 9.17) is 0 Å². The quantitative estimate of drug-likeness (QED) is 0.543. The number of halogens is 1. The van der Waals surface area contributed by atoms with Gasteiger partial charge in [-0.15, -0.1) is 0 Å². The average molecular weight is 332 g/mol. The first-order valence-electron chi connectivity index (χ1n) is 6.44. The summed E-state index contributed by atoms with van der Waals surface area (Å²) >= 11 is 0. The van der Waals surface area contributed by atoms with Crippen LogP contribution in [0.25, 0.3) is 10.9 Å². The smallest absolute Gasteiger partial charge is 0.258 e. The maximum Gasteiger partial charge on any atom is 0.307 e. The molecule has 0 saturated heterocycles. The summed E-state index contributed by atoms with van der Waals surface area (Å²) in [7, 11) is -4.21. The van der Waals surface area contributed by atoms with Crippen molar-refractivity contribution in [3.63, 3.8) is 0 Å². The number of hydrogen-bond donors (Lipinski definition) is 0. The summed E-state index contributed by atoms with van der Waals surface area (Å²) < 4.78 is 39.5. The number of nitrogens with zero attached hydrogens (tertiary/aromatic N) is 2. The largest absolute Gasteiger partial charge is 0.307 e. The fourth-order valence-corrected chi connectivity index (χ4v) is 3.89. The van der Waals surface area contributed by atoms with Crippen LogP contribution in [0.4, 0.5) is 10.1 Å². The zero-order chi connectivity index (χ0) is 16.6. The van der Waals surface area contributed by atoms with Crippen LogP contribution < -0.4 is 0 Å². The normalized spacial score (nSPS) is 11.5. The first kappa shape index (κ1) is 15.0. The van der Waals surface area contributed by atoms with E-state index in [-0.39, 0.29) is 15.8 Å².